The number of anilines is 1. The first-order valence-electron chi connectivity index (χ1n) is 10.7. The van der Waals surface area contributed by atoms with Gasteiger partial charge in [0.1, 0.15) is 5.75 Å². The topological polar surface area (TPSA) is 105 Å². The van der Waals surface area contributed by atoms with Crippen molar-refractivity contribution in [2.75, 3.05) is 17.6 Å². The summed E-state index contributed by atoms with van der Waals surface area (Å²) in [6.45, 7) is 1.55. The molecule has 3 aromatic rings. The van der Waals surface area contributed by atoms with Crippen LogP contribution < -0.4 is 9.46 Å². The third-order valence-corrected chi connectivity index (χ3v) is 8.53. The lowest BCUT2D eigenvalue weighted by atomic mass is 9.98. The molecule has 0 bridgehead atoms. The summed E-state index contributed by atoms with van der Waals surface area (Å²) in [5, 5.41) is 4.52. The Bertz CT molecular complexity index is 1400. The third-order valence-electron chi connectivity index (χ3n) is 5.54. The van der Waals surface area contributed by atoms with Gasteiger partial charge in [-0.1, -0.05) is 48.5 Å². The smallest absolute Gasteiger partial charge is 0.279 e. The molecule has 1 aliphatic heterocycles. The minimum absolute atomic E-state index is 0.0826. The SMILES string of the molecule is CCS(=O)(=O)Nc1ccccc1C1=NN(S(=O)(=O)c2ccc(OC)cc2)[C@@H](c2ccccc2)C1. The summed E-state index contributed by atoms with van der Waals surface area (Å²) in [7, 11) is -6.02. The van der Waals surface area contributed by atoms with E-state index in [2.05, 4.69) is 9.82 Å². The van der Waals surface area contributed by atoms with Crippen LogP contribution in [0.2, 0.25) is 0 Å². The maximum atomic E-state index is 13.6. The number of hydrazone groups is 1. The monoisotopic (exact) mass is 499 g/mol. The summed E-state index contributed by atoms with van der Waals surface area (Å²) in [6.07, 6.45) is 0.282. The zero-order chi connectivity index (χ0) is 24.3. The van der Waals surface area contributed by atoms with Gasteiger partial charge in [-0.05, 0) is 42.8 Å². The standard InChI is InChI=1S/C24H25N3O5S2/c1-3-33(28,29)26-22-12-8-7-11-21(22)23-17-24(18-9-5-4-6-10-18)27(25-23)34(30,31)20-15-13-19(32-2)14-16-20/h4-16,24,26H,3,17H2,1-2H3/t24-/m1/s1. The van der Waals surface area contributed by atoms with Gasteiger partial charge in [0.2, 0.25) is 10.0 Å². The number of nitrogens with one attached hydrogen (secondary N) is 1. The summed E-state index contributed by atoms with van der Waals surface area (Å²) in [5.41, 5.74) is 2.15. The molecule has 0 radical (unpaired) electrons. The molecular weight excluding hydrogens is 474 g/mol. The Balaban J connectivity index is 1.80. The van der Waals surface area contributed by atoms with E-state index in [0.717, 1.165) is 9.98 Å². The Morgan fingerprint density at radius 2 is 1.59 bits per heavy atom. The summed E-state index contributed by atoms with van der Waals surface area (Å²) < 4.78 is 60.5. The summed E-state index contributed by atoms with van der Waals surface area (Å²) >= 11 is 0. The van der Waals surface area contributed by atoms with Crippen molar-refractivity contribution in [3.05, 3.63) is 90.0 Å². The molecule has 1 atom stereocenters. The second kappa shape index (κ2) is 9.47. The number of ether oxygens (including phenoxy) is 1. The van der Waals surface area contributed by atoms with E-state index < -0.39 is 26.1 Å². The van der Waals surface area contributed by atoms with Crippen LogP contribution in [0.4, 0.5) is 5.69 Å². The van der Waals surface area contributed by atoms with Gasteiger partial charge < -0.3 is 4.74 Å². The molecular formula is C24H25N3O5S2. The van der Waals surface area contributed by atoms with Gasteiger partial charge in [-0.3, -0.25) is 4.72 Å². The van der Waals surface area contributed by atoms with Gasteiger partial charge >= 0.3 is 0 Å². The lowest BCUT2D eigenvalue weighted by molar-refractivity contribution is 0.371. The molecule has 0 unspecified atom stereocenters. The predicted molar refractivity (Wildman–Crippen MR) is 132 cm³/mol. The molecule has 178 valence electrons. The van der Waals surface area contributed by atoms with Gasteiger partial charge in [-0.15, -0.1) is 0 Å². The van der Waals surface area contributed by atoms with Crippen LogP contribution in [-0.2, 0) is 20.0 Å². The first kappa shape index (κ1) is 23.8. The zero-order valence-electron chi connectivity index (χ0n) is 18.7. The third kappa shape index (κ3) is 4.78. The van der Waals surface area contributed by atoms with Crippen molar-refractivity contribution < 1.29 is 21.6 Å². The van der Waals surface area contributed by atoms with Crippen LogP contribution in [0, 0.1) is 0 Å². The van der Waals surface area contributed by atoms with E-state index >= 15 is 0 Å². The lowest BCUT2D eigenvalue weighted by Gasteiger charge is -2.23. The molecule has 1 N–H and O–H groups in total. The van der Waals surface area contributed by atoms with Crippen molar-refractivity contribution in [1.82, 2.24) is 4.41 Å². The van der Waals surface area contributed by atoms with E-state index in [4.69, 9.17) is 4.74 Å². The van der Waals surface area contributed by atoms with E-state index in [1.54, 1.807) is 43.3 Å². The van der Waals surface area contributed by atoms with Gasteiger partial charge in [-0.25, -0.2) is 8.42 Å². The number of hydrogen-bond donors (Lipinski definition) is 1. The highest BCUT2D eigenvalue weighted by atomic mass is 32.2. The molecule has 0 fully saturated rings. The van der Waals surface area contributed by atoms with Gasteiger partial charge in [0.05, 0.1) is 35.2 Å². The van der Waals surface area contributed by atoms with Gasteiger partial charge in [0, 0.05) is 12.0 Å². The Morgan fingerprint density at radius 3 is 2.24 bits per heavy atom. The molecule has 0 aromatic heterocycles. The Morgan fingerprint density at radius 1 is 0.941 bits per heavy atom. The molecule has 8 nitrogen and oxygen atoms in total. The van der Waals surface area contributed by atoms with Crippen molar-refractivity contribution >= 4 is 31.4 Å². The predicted octanol–water partition coefficient (Wildman–Crippen LogP) is 4.00. The Kier molecular flexibility index (Phi) is 6.63. The lowest BCUT2D eigenvalue weighted by Crippen LogP contribution is -2.27. The molecule has 0 saturated heterocycles. The molecule has 0 amide bonds. The maximum absolute atomic E-state index is 13.6. The van der Waals surface area contributed by atoms with Gasteiger partial charge in [-0.2, -0.15) is 17.9 Å². The number of sulfonamides is 2. The molecule has 4 rings (SSSR count). The summed E-state index contributed by atoms with van der Waals surface area (Å²) in [6, 6.07) is 21.6. The van der Waals surface area contributed by atoms with Crippen LogP contribution in [0.3, 0.4) is 0 Å². The average Bonchev–Trinajstić information content (AvgIpc) is 3.31. The van der Waals surface area contributed by atoms with Crippen LogP contribution >= 0.6 is 0 Å². The number of methoxy groups -OCH3 is 1. The Labute approximate surface area is 200 Å². The number of rotatable bonds is 8. The highest BCUT2D eigenvalue weighted by Gasteiger charge is 2.38. The molecule has 1 aliphatic rings. The summed E-state index contributed by atoms with van der Waals surface area (Å²) in [4.78, 5) is 0.0826. The van der Waals surface area contributed by atoms with Crippen LogP contribution in [0.25, 0.3) is 0 Å². The van der Waals surface area contributed by atoms with Crippen LogP contribution in [0.5, 0.6) is 5.75 Å². The van der Waals surface area contributed by atoms with E-state index in [0.29, 0.717) is 22.7 Å². The van der Waals surface area contributed by atoms with E-state index in [-0.39, 0.29) is 17.1 Å². The fourth-order valence-corrected chi connectivity index (χ4v) is 5.81. The largest absolute Gasteiger partial charge is 0.497 e. The van der Waals surface area contributed by atoms with E-state index in [1.165, 1.54) is 19.2 Å². The molecule has 10 heteroatoms. The van der Waals surface area contributed by atoms with Crippen molar-refractivity contribution in [2.24, 2.45) is 5.10 Å². The molecule has 0 saturated carbocycles. The minimum atomic E-state index is -4.00. The molecule has 0 aliphatic carbocycles. The quantitative estimate of drug-likeness (QED) is 0.504. The van der Waals surface area contributed by atoms with E-state index in [1.807, 2.05) is 30.3 Å². The average molecular weight is 500 g/mol. The van der Waals surface area contributed by atoms with Crippen molar-refractivity contribution in [1.29, 1.82) is 0 Å². The van der Waals surface area contributed by atoms with Crippen LogP contribution in [0.1, 0.15) is 30.5 Å². The van der Waals surface area contributed by atoms with Crippen molar-refractivity contribution in [3.8, 4) is 5.75 Å². The van der Waals surface area contributed by atoms with Gasteiger partial charge in [0.15, 0.2) is 0 Å². The molecule has 1 heterocycles. The number of nitrogens with zero attached hydrogens (tertiary/aromatic N) is 2. The fraction of sp³-hybridized carbons (Fsp3) is 0.208. The molecule has 34 heavy (non-hydrogen) atoms. The molecule has 3 aromatic carbocycles. The normalized spacial score (nSPS) is 16.2. The van der Waals surface area contributed by atoms with Crippen LogP contribution in [0.15, 0.2) is 88.9 Å². The number of para-hydroxylation sites is 1. The number of benzene rings is 3. The molecule has 0 spiro atoms. The second-order valence-corrected chi connectivity index (χ2v) is 11.5. The second-order valence-electron chi connectivity index (χ2n) is 7.68. The maximum Gasteiger partial charge on any atom is 0.279 e. The number of hydrogen-bond acceptors (Lipinski definition) is 6. The summed E-state index contributed by atoms with van der Waals surface area (Å²) in [5.74, 6) is 0.458. The highest BCUT2D eigenvalue weighted by Crippen LogP contribution is 2.38. The Hall–Kier alpha value is -3.37. The van der Waals surface area contributed by atoms with Crippen molar-refractivity contribution in [2.45, 2.75) is 24.3 Å². The first-order valence-corrected chi connectivity index (χ1v) is 13.7. The first-order chi connectivity index (χ1) is 16.2. The zero-order valence-corrected chi connectivity index (χ0v) is 20.4. The van der Waals surface area contributed by atoms with E-state index in [9.17, 15) is 16.8 Å². The van der Waals surface area contributed by atoms with Crippen molar-refractivity contribution in [3.63, 3.8) is 0 Å². The minimum Gasteiger partial charge on any atom is -0.497 e. The highest BCUT2D eigenvalue weighted by molar-refractivity contribution is 7.92. The van der Waals surface area contributed by atoms with Crippen LogP contribution in [-0.4, -0.2) is 39.8 Å². The van der Waals surface area contributed by atoms with Gasteiger partial charge in [0.25, 0.3) is 10.0 Å². The fourth-order valence-electron chi connectivity index (χ4n) is 3.72.